The van der Waals surface area contributed by atoms with Crippen LogP contribution in [0.25, 0.3) is 0 Å². The summed E-state index contributed by atoms with van der Waals surface area (Å²) in [7, 11) is 0. The summed E-state index contributed by atoms with van der Waals surface area (Å²) in [6, 6.07) is -0.358. The van der Waals surface area contributed by atoms with Crippen LogP contribution in [0.3, 0.4) is 0 Å². The summed E-state index contributed by atoms with van der Waals surface area (Å²) >= 11 is 0. The van der Waals surface area contributed by atoms with E-state index in [0.717, 1.165) is 25.9 Å². The highest BCUT2D eigenvalue weighted by Crippen LogP contribution is 2.04. The minimum atomic E-state index is -0.358. The molecule has 0 fully saturated rings. The molecule has 1 atom stereocenters. The smallest absolute Gasteiger partial charge is 0.239 e. The van der Waals surface area contributed by atoms with Crippen LogP contribution in [0.1, 0.15) is 59.3 Å². The Hall–Kier alpha value is -0.570. The van der Waals surface area contributed by atoms with Crippen LogP contribution in [0.5, 0.6) is 0 Å². The van der Waals surface area contributed by atoms with E-state index in [1.807, 2.05) is 4.90 Å². The molecule has 0 heterocycles. The molecule has 0 saturated heterocycles. The van der Waals surface area contributed by atoms with Crippen LogP contribution in [0.15, 0.2) is 0 Å². The van der Waals surface area contributed by atoms with Crippen molar-refractivity contribution in [2.24, 2.45) is 5.73 Å². The minimum Gasteiger partial charge on any atom is -0.341 e. The summed E-state index contributed by atoms with van der Waals surface area (Å²) in [6.45, 7) is 7.87. The summed E-state index contributed by atoms with van der Waals surface area (Å²) in [5, 5.41) is 0. The van der Waals surface area contributed by atoms with Gasteiger partial charge in [0.05, 0.1) is 6.04 Å². The van der Waals surface area contributed by atoms with Crippen molar-refractivity contribution in [3.05, 3.63) is 0 Å². The van der Waals surface area contributed by atoms with E-state index in [0.29, 0.717) is 0 Å². The first-order valence-corrected chi connectivity index (χ1v) is 6.67. The van der Waals surface area contributed by atoms with Gasteiger partial charge in [-0.25, -0.2) is 0 Å². The van der Waals surface area contributed by atoms with E-state index in [4.69, 9.17) is 5.73 Å². The molecule has 96 valence electrons. The van der Waals surface area contributed by atoms with Crippen molar-refractivity contribution in [3.8, 4) is 0 Å². The molecule has 0 saturated carbocycles. The lowest BCUT2D eigenvalue weighted by Gasteiger charge is -2.24. The zero-order valence-corrected chi connectivity index (χ0v) is 11.2. The summed E-state index contributed by atoms with van der Waals surface area (Å²) in [5.74, 6) is 0.104. The average molecular weight is 228 g/mol. The molecular formula is C13H28N2O. The van der Waals surface area contributed by atoms with Crippen molar-refractivity contribution in [2.75, 3.05) is 13.1 Å². The maximum atomic E-state index is 11.8. The van der Waals surface area contributed by atoms with Crippen molar-refractivity contribution >= 4 is 5.91 Å². The van der Waals surface area contributed by atoms with E-state index in [1.54, 1.807) is 6.92 Å². The third-order valence-corrected chi connectivity index (χ3v) is 2.76. The van der Waals surface area contributed by atoms with Gasteiger partial charge in [-0.2, -0.15) is 0 Å². The number of hydrogen-bond acceptors (Lipinski definition) is 2. The van der Waals surface area contributed by atoms with Gasteiger partial charge in [-0.3, -0.25) is 4.79 Å². The predicted octanol–water partition coefficient (Wildman–Crippen LogP) is 2.54. The Balaban J connectivity index is 4.00. The molecule has 16 heavy (non-hydrogen) atoms. The monoisotopic (exact) mass is 228 g/mol. The number of hydrogen-bond donors (Lipinski definition) is 1. The molecule has 0 unspecified atom stereocenters. The van der Waals surface area contributed by atoms with Crippen molar-refractivity contribution in [2.45, 2.75) is 65.3 Å². The molecule has 0 aromatic heterocycles. The van der Waals surface area contributed by atoms with Gasteiger partial charge in [-0.15, -0.1) is 0 Å². The first-order chi connectivity index (χ1) is 7.63. The Morgan fingerprint density at radius 3 is 1.81 bits per heavy atom. The van der Waals surface area contributed by atoms with Crippen LogP contribution in [-0.2, 0) is 4.79 Å². The molecule has 2 N–H and O–H groups in total. The third kappa shape index (κ3) is 6.83. The molecule has 3 heteroatoms. The highest BCUT2D eigenvalue weighted by atomic mass is 16.2. The summed E-state index contributed by atoms with van der Waals surface area (Å²) in [6.07, 6.45) is 6.96. The van der Waals surface area contributed by atoms with Gasteiger partial charge in [-0.1, -0.05) is 39.5 Å². The van der Waals surface area contributed by atoms with Gasteiger partial charge in [0.25, 0.3) is 0 Å². The number of rotatable bonds is 9. The molecule has 0 aromatic rings. The van der Waals surface area contributed by atoms with Gasteiger partial charge < -0.3 is 10.6 Å². The normalized spacial score (nSPS) is 12.5. The predicted molar refractivity (Wildman–Crippen MR) is 69.3 cm³/mol. The number of amides is 1. The Labute approximate surface area is 100 Å². The van der Waals surface area contributed by atoms with E-state index in [2.05, 4.69) is 13.8 Å². The Kier molecular flexibility index (Phi) is 9.30. The number of carbonyl (C=O) groups is 1. The van der Waals surface area contributed by atoms with Gasteiger partial charge in [0.2, 0.25) is 5.91 Å². The van der Waals surface area contributed by atoms with E-state index >= 15 is 0 Å². The van der Waals surface area contributed by atoms with Gasteiger partial charge in [0.15, 0.2) is 0 Å². The van der Waals surface area contributed by atoms with E-state index in [9.17, 15) is 4.79 Å². The molecule has 0 spiro atoms. The van der Waals surface area contributed by atoms with Crippen LogP contribution in [-0.4, -0.2) is 29.9 Å². The highest BCUT2D eigenvalue weighted by Gasteiger charge is 2.16. The zero-order valence-electron chi connectivity index (χ0n) is 11.2. The molecule has 0 rings (SSSR count). The molecule has 0 aliphatic carbocycles. The Morgan fingerprint density at radius 1 is 1.06 bits per heavy atom. The van der Waals surface area contributed by atoms with Crippen LogP contribution in [0.2, 0.25) is 0 Å². The van der Waals surface area contributed by atoms with Crippen LogP contribution in [0.4, 0.5) is 0 Å². The largest absolute Gasteiger partial charge is 0.341 e. The number of carbonyl (C=O) groups excluding carboxylic acids is 1. The molecule has 0 aromatic carbocycles. The summed E-state index contributed by atoms with van der Waals surface area (Å²) < 4.78 is 0. The van der Waals surface area contributed by atoms with Crippen molar-refractivity contribution in [3.63, 3.8) is 0 Å². The van der Waals surface area contributed by atoms with Crippen LogP contribution in [0, 0.1) is 0 Å². The fourth-order valence-corrected chi connectivity index (χ4v) is 1.73. The first-order valence-electron chi connectivity index (χ1n) is 6.67. The SMILES string of the molecule is CCCCCN(CCCCC)C(=O)[C@@H](C)N. The standard InChI is InChI=1S/C13H28N2O/c1-4-6-8-10-15(11-9-7-5-2)13(16)12(3)14/h12H,4-11,14H2,1-3H3/t12-/m1/s1. The Bertz CT molecular complexity index is 171. The van der Waals surface area contributed by atoms with Gasteiger partial charge in [0, 0.05) is 13.1 Å². The maximum absolute atomic E-state index is 11.8. The van der Waals surface area contributed by atoms with Gasteiger partial charge in [0.1, 0.15) is 0 Å². The number of nitrogens with two attached hydrogens (primary N) is 1. The second-order valence-corrected chi connectivity index (χ2v) is 4.53. The first kappa shape index (κ1) is 15.4. The van der Waals surface area contributed by atoms with E-state index in [1.165, 1.54) is 25.7 Å². The van der Waals surface area contributed by atoms with Crippen molar-refractivity contribution in [1.82, 2.24) is 4.90 Å². The average Bonchev–Trinajstić information content (AvgIpc) is 2.26. The highest BCUT2D eigenvalue weighted by molar-refractivity contribution is 5.81. The maximum Gasteiger partial charge on any atom is 0.239 e. The van der Waals surface area contributed by atoms with Gasteiger partial charge >= 0.3 is 0 Å². The van der Waals surface area contributed by atoms with Crippen molar-refractivity contribution < 1.29 is 4.79 Å². The Morgan fingerprint density at radius 2 is 1.50 bits per heavy atom. The minimum absolute atomic E-state index is 0.104. The topological polar surface area (TPSA) is 46.3 Å². The molecular weight excluding hydrogens is 200 g/mol. The zero-order chi connectivity index (χ0) is 12.4. The lowest BCUT2D eigenvalue weighted by Crippen LogP contribution is -2.43. The number of unbranched alkanes of at least 4 members (excludes halogenated alkanes) is 4. The summed E-state index contributed by atoms with van der Waals surface area (Å²) in [5.41, 5.74) is 5.65. The third-order valence-electron chi connectivity index (χ3n) is 2.76. The quantitative estimate of drug-likeness (QED) is 0.616. The second-order valence-electron chi connectivity index (χ2n) is 4.53. The molecule has 1 amide bonds. The van der Waals surface area contributed by atoms with Gasteiger partial charge in [-0.05, 0) is 19.8 Å². The fraction of sp³-hybridized carbons (Fsp3) is 0.923. The second kappa shape index (κ2) is 9.64. The van der Waals surface area contributed by atoms with Crippen LogP contribution >= 0.6 is 0 Å². The molecule has 0 radical (unpaired) electrons. The van der Waals surface area contributed by atoms with Crippen molar-refractivity contribution in [1.29, 1.82) is 0 Å². The molecule has 0 aliphatic heterocycles. The van der Waals surface area contributed by atoms with Crippen LogP contribution < -0.4 is 5.73 Å². The lowest BCUT2D eigenvalue weighted by molar-refractivity contribution is -0.132. The fourth-order valence-electron chi connectivity index (χ4n) is 1.73. The molecule has 0 bridgehead atoms. The lowest BCUT2D eigenvalue weighted by atomic mass is 10.2. The molecule has 3 nitrogen and oxygen atoms in total. The number of nitrogens with zero attached hydrogens (tertiary/aromatic N) is 1. The molecule has 0 aliphatic rings. The van der Waals surface area contributed by atoms with E-state index in [-0.39, 0.29) is 11.9 Å². The van der Waals surface area contributed by atoms with E-state index < -0.39 is 0 Å². The summed E-state index contributed by atoms with van der Waals surface area (Å²) in [4.78, 5) is 13.8.